The zero-order chi connectivity index (χ0) is 16.1. The quantitative estimate of drug-likeness (QED) is 0.755. The molecule has 3 nitrogen and oxygen atoms in total. The smallest absolute Gasteiger partial charge is 0.252 e. The predicted molar refractivity (Wildman–Crippen MR) is 92.3 cm³/mol. The van der Waals surface area contributed by atoms with Crippen molar-refractivity contribution in [1.29, 1.82) is 0 Å². The third kappa shape index (κ3) is 3.41. The number of benzene rings is 3. The number of aliphatic hydroxyl groups is 1. The molecule has 1 atom stereocenters. The topological polar surface area (TPSA) is 49.3 Å². The third-order valence-electron chi connectivity index (χ3n) is 3.96. The van der Waals surface area contributed by atoms with Crippen LogP contribution >= 0.6 is 0 Å². The number of hydrogen-bond donors (Lipinski definition) is 2. The lowest BCUT2D eigenvalue weighted by Crippen LogP contribution is -2.29. The number of rotatable bonds is 5. The van der Waals surface area contributed by atoms with Gasteiger partial charge in [-0.1, -0.05) is 66.7 Å². The van der Waals surface area contributed by atoms with E-state index in [2.05, 4.69) is 5.32 Å². The van der Waals surface area contributed by atoms with E-state index in [1.807, 2.05) is 72.8 Å². The first-order chi connectivity index (χ1) is 11.3. The van der Waals surface area contributed by atoms with Crippen molar-refractivity contribution >= 4 is 16.7 Å². The molecule has 0 aromatic heterocycles. The number of amides is 1. The van der Waals surface area contributed by atoms with Crippen LogP contribution in [0.2, 0.25) is 0 Å². The molecule has 116 valence electrons. The second kappa shape index (κ2) is 7.07. The predicted octanol–water partition coefficient (Wildman–Crippen LogP) is 3.69. The molecule has 0 fully saturated rings. The average molecular weight is 305 g/mol. The van der Waals surface area contributed by atoms with Gasteiger partial charge in [-0.3, -0.25) is 4.79 Å². The van der Waals surface area contributed by atoms with Crippen molar-refractivity contribution in [3.8, 4) is 0 Å². The van der Waals surface area contributed by atoms with Crippen molar-refractivity contribution in [2.45, 2.75) is 12.5 Å². The van der Waals surface area contributed by atoms with Crippen LogP contribution in [-0.2, 0) is 0 Å². The maximum atomic E-state index is 12.7. The van der Waals surface area contributed by atoms with E-state index in [0.29, 0.717) is 12.0 Å². The van der Waals surface area contributed by atoms with Crippen molar-refractivity contribution in [2.24, 2.45) is 0 Å². The summed E-state index contributed by atoms with van der Waals surface area (Å²) in [5, 5.41) is 14.3. The molecular formula is C20H19NO2. The summed E-state index contributed by atoms with van der Waals surface area (Å²) < 4.78 is 0. The molecule has 3 heteroatoms. The Morgan fingerprint density at radius 1 is 0.913 bits per heavy atom. The Morgan fingerprint density at radius 3 is 2.39 bits per heavy atom. The van der Waals surface area contributed by atoms with E-state index in [1.165, 1.54) is 0 Å². The molecule has 23 heavy (non-hydrogen) atoms. The van der Waals surface area contributed by atoms with Crippen molar-refractivity contribution in [2.75, 3.05) is 6.61 Å². The molecule has 0 saturated heterocycles. The zero-order valence-electron chi connectivity index (χ0n) is 12.8. The van der Waals surface area contributed by atoms with Crippen molar-refractivity contribution in [3.63, 3.8) is 0 Å². The maximum Gasteiger partial charge on any atom is 0.252 e. The van der Waals surface area contributed by atoms with E-state index in [4.69, 9.17) is 0 Å². The van der Waals surface area contributed by atoms with E-state index in [-0.39, 0.29) is 18.6 Å². The standard InChI is InChI=1S/C20H19NO2/c22-14-13-19(16-8-2-1-3-9-16)21-20(23)18-12-6-10-15-7-4-5-11-17(15)18/h1-12,19,22H,13-14H2,(H,21,23). The Hall–Kier alpha value is -2.65. The second-order valence-corrected chi connectivity index (χ2v) is 5.48. The molecule has 0 heterocycles. The maximum absolute atomic E-state index is 12.7. The van der Waals surface area contributed by atoms with E-state index in [0.717, 1.165) is 16.3 Å². The minimum atomic E-state index is -0.201. The fourth-order valence-electron chi connectivity index (χ4n) is 2.80. The summed E-state index contributed by atoms with van der Waals surface area (Å²) in [7, 11) is 0. The Labute approximate surface area is 135 Å². The number of carbonyl (C=O) groups excluding carboxylic acids is 1. The molecule has 2 N–H and O–H groups in total. The average Bonchev–Trinajstić information content (AvgIpc) is 2.61. The van der Waals surface area contributed by atoms with Crippen LogP contribution in [0.25, 0.3) is 10.8 Å². The lowest BCUT2D eigenvalue weighted by atomic mass is 10.0. The molecule has 0 aliphatic rings. The van der Waals surface area contributed by atoms with Gasteiger partial charge in [0.05, 0.1) is 6.04 Å². The van der Waals surface area contributed by atoms with Gasteiger partial charge in [-0.2, -0.15) is 0 Å². The van der Waals surface area contributed by atoms with Crippen LogP contribution in [0, 0.1) is 0 Å². The third-order valence-corrected chi connectivity index (χ3v) is 3.96. The van der Waals surface area contributed by atoms with Crippen LogP contribution < -0.4 is 5.32 Å². The Kier molecular flexibility index (Phi) is 4.69. The molecule has 0 saturated carbocycles. The van der Waals surface area contributed by atoms with Gasteiger partial charge in [-0.25, -0.2) is 0 Å². The largest absolute Gasteiger partial charge is 0.396 e. The number of nitrogens with one attached hydrogen (secondary N) is 1. The molecule has 0 bridgehead atoms. The van der Waals surface area contributed by atoms with E-state index >= 15 is 0 Å². The van der Waals surface area contributed by atoms with Crippen LogP contribution in [0.3, 0.4) is 0 Å². The summed E-state index contributed by atoms with van der Waals surface area (Å²) in [4.78, 5) is 12.7. The van der Waals surface area contributed by atoms with Crippen molar-refractivity contribution in [3.05, 3.63) is 83.9 Å². The normalized spacial score (nSPS) is 12.0. The minimum absolute atomic E-state index is 0.0232. The molecule has 1 amide bonds. The lowest BCUT2D eigenvalue weighted by molar-refractivity contribution is 0.0931. The van der Waals surface area contributed by atoms with Crippen LogP contribution in [0.1, 0.15) is 28.4 Å². The number of aliphatic hydroxyl groups excluding tert-OH is 1. The highest BCUT2D eigenvalue weighted by Gasteiger charge is 2.16. The fourth-order valence-corrected chi connectivity index (χ4v) is 2.80. The Morgan fingerprint density at radius 2 is 1.61 bits per heavy atom. The van der Waals surface area contributed by atoms with Crippen molar-refractivity contribution < 1.29 is 9.90 Å². The molecule has 3 aromatic carbocycles. The molecular weight excluding hydrogens is 286 g/mol. The highest BCUT2D eigenvalue weighted by molar-refractivity contribution is 6.07. The van der Waals surface area contributed by atoms with Gasteiger partial charge in [0.25, 0.3) is 5.91 Å². The highest BCUT2D eigenvalue weighted by atomic mass is 16.3. The van der Waals surface area contributed by atoms with Gasteiger partial charge in [0.2, 0.25) is 0 Å². The minimum Gasteiger partial charge on any atom is -0.396 e. The summed E-state index contributed by atoms with van der Waals surface area (Å²) in [6, 6.07) is 23.1. The van der Waals surface area contributed by atoms with Gasteiger partial charge >= 0.3 is 0 Å². The van der Waals surface area contributed by atoms with Gasteiger partial charge < -0.3 is 10.4 Å². The molecule has 1 unspecified atom stereocenters. The summed E-state index contributed by atoms with van der Waals surface area (Å²) in [6.07, 6.45) is 0.487. The van der Waals surface area contributed by atoms with Gasteiger partial charge in [-0.05, 0) is 28.8 Å². The second-order valence-electron chi connectivity index (χ2n) is 5.48. The van der Waals surface area contributed by atoms with Crippen LogP contribution in [0.15, 0.2) is 72.8 Å². The van der Waals surface area contributed by atoms with Crippen LogP contribution in [0.4, 0.5) is 0 Å². The first kappa shape index (κ1) is 15.3. The summed E-state index contributed by atoms with van der Waals surface area (Å²) in [5.74, 6) is -0.121. The lowest BCUT2D eigenvalue weighted by Gasteiger charge is -2.19. The first-order valence-corrected chi connectivity index (χ1v) is 7.74. The molecule has 3 rings (SSSR count). The molecule has 3 aromatic rings. The molecule has 0 spiro atoms. The van der Waals surface area contributed by atoms with Gasteiger partial charge in [0.15, 0.2) is 0 Å². The summed E-state index contributed by atoms with van der Waals surface area (Å²) >= 11 is 0. The van der Waals surface area contributed by atoms with Crippen LogP contribution in [0.5, 0.6) is 0 Å². The number of fused-ring (bicyclic) bond motifs is 1. The van der Waals surface area contributed by atoms with Gasteiger partial charge in [0.1, 0.15) is 0 Å². The van der Waals surface area contributed by atoms with Crippen molar-refractivity contribution in [1.82, 2.24) is 5.32 Å². The monoisotopic (exact) mass is 305 g/mol. The fraction of sp³-hybridized carbons (Fsp3) is 0.150. The molecule has 0 aliphatic carbocycles. The first-order valence-electron chi connectivity index (χ1n) is 7.74. The van der Waals surface area contributed by atoms with E-state index in [1.54, 1.807) is 0 Å². The van der Waals surface area contributed by atoms with E-state index in [9.17, 15) is 9.90 Å². The Balaban J connectivity index is 1.89. The Bertz CT molecular complexity index is 794. The number of carbonyl (C=O) groups is 1. The summed E-state index contributed by atoms with van der Waals surface area (Å²) in [5.41, 5.74) is 1.65. The van der Waals surface area contributed by atoms with Crippen LogP contribution in [-0.4, -0.2) is 17.6 Å². The van der Waals surface area contributed by atoms with E-state index < -0.39 is 0 Å². The highest BCUT2D eigenvalue weighted by Crippen LogP contribution is 2.21. The zero-order valence-corrected chi connectivity index (χ0v) is 12.8. The summed E-state index contributed by atoms with van der Waals surface area (Å²) in [6.45, 7) is 0.0232. The number of hydrogen-bond acceptors (Lipinski definition) is 2. The van der Waals surface area contributed by atoms with Gasteiger partial charge in [0, 0.05) is 12.2 Å². The van der Waals surface area contributed by atoms with Gasteiger partial charge in [-0.15, -0.1) is 0 Å². The molecule has 0 radical (unpaired) electrons. The molecule has 0 aliphatic heterocycles. The SMILES string of the molecule is O=C(NC(CCO)c1ccccc1)c1cccc2ccccc12.